The molecule has 4 N–H and O–H groups in total. The van der Waals surface area contributed by atoms with Crippen LogP contribution in [0.1, 0.15) is 28.7 Å². The molecule has 4 aromatic rings. The maximum Gasteiger partial charge on any atom is 0.257 e. The molecular formula is C23H22FN5O2. The Balaban J connectivity index is 1.65. The van der Waals surface area contributed by atoms with Crippen molar-refractivity contribution in [2.75, 3.05) is 11.1 Å². The summed E-state index contributed by atoms with van der Waals surface area (Å²) in [5.41, 5.74) is 10.9. The number of aliphatic hydroxyl groups excluding tert-OH is 1. The van der Waals surface area contributed by atoms with Crippen molar-refractivity contribution in [1.29, 1.82) is 0 Å². The number of fused-ring (bicyclic) bond motifs is 1. The number of hydrogen-bond donors (Lipinski definition) is 3. The van der Waals surface area contributed by atoms with E-state index in [-0.39, 0.29) is 5.56 Å². The number of hydrogen-bond acceptors (Lipinski definition) is 5. The lowest BCUT2D eigenvalue weighted by molar-refractivity contribution is -0.124. The van der Waals surface area contributed by atoms with E-state index in [1.165, 1.54) is 18.2 Å². The second-order valence-electron chi connectivity index (χ2n) is 7.45. The third-order valence-electron chi connectivity index (χ3n) is 5.19. The van der Waals surface area contributed by atoms with E-state index >= 15 is 0 Å². The number of aryl methyl sites for hydroxylation is 3. The highest BCUT2D eigenvalue weighted by molar-refractivity contribution is 5.95. The lowest BCUT2D eigenvalue weighted by Gasteiger charge is -2.13. The molecule has 0 fully saturated rings. The number of carbonyl (C=O) groups is 1. The van der Waals surface area contributed by atoms with Crippen LogP contribution >= 0.6 is 0 Å². The number of benzene rings is 2. The Bertz CT molecular complexity index is 1320. The fourth-order valence-corrected chi connectivity index (χ4v) is 3.72. The molecule has 0 spiro atoms. The van der Waals surface area contributed by atoms with Gasteiger partial charge in [-0.15, -0.1) is 0 Å². The zero-order chi connectivity index (χ0) is 22.3. The molecule has 0 saturated carbocycles. The van der Waals surface area contributed by atoms with Gasteiger partial charge in [0.15, 0.2) is 6.10 Å². The molecule has 0 aliphatic heterocycles. The summed E-state index contributed by atoms with van der Waals surface area (Å²) < 4.78 is 15.3. The normalized spacial score (nSPS) is 12.2. The van der Waals surface area contributed by atoms with Crippen LogP contribution in [0.4, 0.5) is 15.9 Å². The van der Waals surface area contributed by atoms with Gasteiger partial charge in [0.25, 0.3) is 5.91 Å². The van der Waals surface area contributed by atoms with Crippen LogP contribution in [0, 0.1) is 26.6 Å². The number of nitrogen functional groups attached to an aromatic ring is 1. The Morgan fingerprint density at radius 2 is 1.97 bits per heavy atom. The van der Waals surface area contributed by atoms with Gasteiger partial charge in [-0.25, -0.2) is 14.4 Å². The fourth-order valence-electron chi connectivity index (χ4n) is 3.72. The molecular weight excluding hydrogens is 397 g/mol. The summed E-state index contributed by atoms with van der Waals surface area (Å²) in [6, 6.07) is 10.7. The molecule has 7 nitrogen and oxygen atoms in total. The predicted octanol–water partition coefficient (Wildman–Crippen LogP) is 3.71. The average molecular weight is 419 g/mol. The van der Waals surface area contributed by atoms with E-state index in [1.54, 1.807) is 18.3 Å². The maximum atomic E-state index is 13.4. The summed E-state index contributed by atoms with van der Waals surface area (Å²) >= 11 is 0. The van der Waals surface area contributed by atoms with E-state index in [1.807, 2.05) is 31.2 Å². The van der Waals surface area contributed by atoms with Crippen LogP contribution in [0.3, 0.4) is 0 Å². The lowest BCUT2D eigenvalue weighted by atomic mass is 10.0. The Morgan fingerprint density at radius 3 is 2.68 bits per heavy atom. The van der Waals surface area contributed by atoms with Gasteiger partial charge in [-0.2, -0.15) is 0 Å². The molecule has 0 bridgehead atoms. The molecule has 0 aliphatic rings. The second-order valence-corrected chi connectivity index (χ2v) is 7.45. The lowest BCUT2D eigenvalue weighted by Crippen LogP contribution is -2.21. The first-order valence-corrected chi connectivity index (χ1v) is 9.72. The molecule has 0 aliphatic carbocycles. The first-order chi connectivity index (χ1) is 14.8. The third-order valence-corrected chi connectivity index (χ3v) is 5.19. The number of rotatable bonds is 4. The van der Waals surface area contributed by atoms with Crippen LogP contribution < -0.4 is 11.1 Å². The van der Waals surface area contributed by atoms with E-state index in [9.17, 15) is 14.3 Å². The van der Waals surface area contributed by atoms with Gasteiger partial charge in [-0.05, 0) is 56.2 Å². The average Bonchev–Trinajstić information content (AvgIpc) is 3.08. The van der Waals surface area contributed by atoms with Crippen LogP contribution in [0.25, 0.3) is 16.8 Å². The highest BCUT2D eigenvalue weighted by Crippen LogP contribution is 2.32. The van der Waals surface area contributed by atoms with E-state index in [4.69, 9.17) is 5.73 Å². The molecule has 2 heterocycles. The van der Waals surface area contributed by atoms with Gasteiger partial charge in [0, 0.05) is 23.1 Å². The Labute approximate surface area is 178 Å². The molecule has 31 heavy (non-hydrogen) atoms. The summed E-state index contributed by atoms with van der Waals surface area (Å²) in [5.74, 6) is 0.0176. The second kappa shape index (κ2) is 7.81. The minimum absolute atomic E-state index is 0.184. The standard InChI is InChI=1S/C23H22FN5O2/c1-12-9-17(28-23(31)21(30)15-5-4-6-16(24)10-15)7-8-18(12)19-20-22(25)26-11-13(2)29(20)14(3)27-19/h4-11,21,30H,1-3H3,(H2,25,26)(H,28,31)/t21-/m0/s1. The number of nitrogens with zero attached hydrogens (tertiary/aromatic N) is 3. The van der Waals surface area contributed by atoms with Crippen molar-refractivity contribution in [2.24, 2.45) is 0 Å². The fraction of sp³-hybridized carbons (Fsp3) is 0.174. The minimum Gasteiger partial charge on any atom is -0.382 e. The summed E-state index contributed by atoms with van der Waals surface area (Å²) in [6.07, 6.45) is 0.222. The summed E-state index contributed by atoms with van der Waals surface area (Å²) in [6.45, 7) is 5.74. The maximum absolute atomic E-state index is 13.4. The molecule has 1 atom stereocenters. The summed E-state index contributed by atoms with van der Waals surface area (Å²) in [7, 11) is 0. The van der Waals surface area contributed by atoms with E-state index in [0.717, 1.165) is 34.2 Å². The van der Waals surface area contributed by atoms with Crippen LogP contribution in [0.5, 0.6) is 0 Å². The minimum atomic E-state index is -1.48. The molecule has 158 valence electrons. The predicted molar refractivity (Wildman–Crippen MR) is 117 cm³/mol. The SMILES string of the molecule is Cc1cc(NC(=O)[C@@H](O)c2cccc(F)c2)ccc1-c1nc(C)n2c(C)cnc(N)c12. The first kappa shape index (κ1) is 20.5. The molecule has 0 radical (unpaired) electrons. The van der Waals surface area contributed by atoms with Gasteiger partial charge >= 0.3 is 0 Å². The number of anilines is 2. The molecule has 2 aromatic carbocycles. The van der Waals surface area contributed by atoms with Crippen molar-refractivity contribution >= 4 is 22.9 Å². The molecule has 8 heteroatoms. The van der Waals surface area contributed by atoms with Crippen molar-refractivity contribution in [3.8, 4) is 11.3 Å². The van der Waals surface area contributed by atoms with Crippen LogP contribution in [-0.4, -0.2) is 25.4 Å². The van der Waals surface area contributed by atoms with E-state index in [0.29, 0.717) is 17.2 Å². The van der Waals surface area contributed by atoms with Crippen molar-refractivity contribution in [2.45, 2.75) is 26.9 Å². The quantitative estimate of drug-likeness (QED) is 0.468. The number of halogens is 1. The van der Waals surface area contributed by atoms with Gasteiger partial charge in [-0.1, -0.05) is 18.2 Å². The summed E-state index contributed by atoms with van der Waals surface area (Å²) in [4.78, 5) is 21.4. The van der Waals surface area contributed by atoms with Crippen molar-refractivity contribution in [1.82, 2.24) is 14.4 Å². The van der Waals surface area contributed by atoms with E-state index < -0.39 is 17.8 Å². The molecule has 0 saturated heterocycles. The summed E-state index contributed by atoms with van der Waals surface area (Å²) in [5, 5.41) is 12.9. The highest BCUT2D eigenvalue weighted by atomic mass is 19.1. The van der Waals surface area contributed by atoms with Gasteiger partial charge in [0.05, 0.1) is 0 Å². The van der Waals surface area contributed by atoms with Crippen LogP contribution in [0.2, 0.25) is 0 Å². The Kier molecular flexibility index (Phi) is 5.16. The first-order valence-electron chi connectivity index (χ1n) is 9.72. The molecule has 2 aromatic heterocycles. The molecule has 1 amide bonds. The van der Waals surface area contributed by atoms with Gasteiger partial charge < -0.3 is 16.2 Å². The Morgan fingerprint density at radius 1 is 1.19 bits per heavy atom. The smallest absolute Gasteiger partial charge is 0.257 e. The Hall–Kier alpha value is -3.78. The topological polar surface area (TPSA) is 106 Å². The van der Waals surface area contributed by atoms with Crippen molar-refractivity contribution in [3.05, 3.63) is 77.1 Å². The van der Waals surface area contributed by atoms with Crippen LogP contribution in [0.15, 0.2) is 48.7 Å². The number of nitrogens with two attached hydrogens (primary N) is 1. The molecule has 4 rings (SSSR count). The number of aromatic nitrogens is 3. The monoisotopic (exact) mass is 419 g/mol. The van der Waals surface area contributed by atoms with E-state index in [2.05, 4.69) is 15.3 Å². The van der Waals surface area contributed by atoms with Gasteiger partial charge in [-0.3, -0.25) is 9.20 Å². The number of nitrogens with one attached hydrogen (secondary N) is 1. The number of aliphatic hydroxyl groups is 1. The zero-order valence-corrected chi connectivity index (χ0v) is 17.3. The third kappa shape index (κ3) is 3.73. The number of carbonyl (C=O) groups excluding carboxylic acids is 1. The van der Waals surface area contributed by atoms with Gasteiger partial charge in [0.1, 0.15) is 28.7 Å². The largest absolute Gasteiger partial charge is 0.382 e. The van der Waals surface area contributed by atoms with Crippen LogP contribution in [-0.2, 0) is 4.79 Å². The zero-order valence-electron chi connectivity index (χ0n) is 17.3. The highest BCUT2D eigenvalue weighted by Gasteiger charge is 2.20. The van der Waals surface area contributed by atoms with Crippen molar-refractivity contribution in [3.63, 3.8) is 0 Å². The number of amides is 1. The molecule has 0 unspecified atom stereocenters. The van der Waals surface area contributed by atoms with Crippen molar-refractivity contribution < 1.29 is 14.3 Å². The van der Waals surface area contributed by atoms with Gasteiger partial charge in [0.2, 0.25) is 0 Å². The number of imidazole rings is 1.